The van der Waals surface area contributed by atoms with Crippen molar-refractivity contribution in [3.63, 3.8) is 0 Å². The first-order valence-electron chi connectivity index (χ1n) is 5.32. The number of hydrogen-bond donors (Lipinski definition) is 0. The molecule has 1 aromatic carbocycles. The highest BCUT2D eigenvalue weighted by molar-refractivity contribution is 7.91. The average molecular weight is 280 g/mol. The Morgan fingerprint density at radius 3 is 1.78 bits per heavy atom. The average Bonchev–Trinajstić information content (AvgIpc) is 2.13. The van der Waals surface area contributed by atoms with Crippen LogP contribution in [0.1, 0.15) is 26.3 Å². The lowest BCUT2D eigenvalue weighted by Gasteiger charge is -2.18. The van der Waals surface area contributed by atoms with Crippen molar-refractivity contribution in [2.45, 2.75) is 31.8 Å². The molecule has 0 unspecified atom stereocenters. The van der Waals surface area contributed by atoms with Gasteiger partial charge in [-0.3, -0.25) is 0 Å². The Morgan fingerprint density at radius 2 is 1.44 bits per heavy atom. The largest absolute Gasteiger partial charge is 0.416 e. The Labute approximate surface area is 105 Å². The minimum atomic E-state index is -4.45. The van der Waals surface area contributed by atoms with Crippen molar-refractivity contribution in [1.82, 2.24) is 0 Å². The number of hydrogen-bond acceptors (Lipinski definition) is 2. The molecule has 0 radical (unpaired) electrons. The summed E-state index contributed by atoms with van der Waals surface area (Å²) in [4.78, 5) is -0.0783. The summed E-state index contributed by atoms with van der Waals surface area (Å²) in [6.45, 7) is 5.28. The third-order valence-corrected chi connectivity index (χ3v) is 4.40. The molecule has 2 nitrogen and oxygen atoms in total. The van der Waals surface area contributed by atoms with Crippen LogP contribution in [0.4, 0.5) is 13.2 Å². The van der Waals surface area contributed by atoms with Gasteiger partial charge >= 0.3 is 6.18 Å². The minimum Gasteiger partial charge on any atom is -0.224 e. The molecule has 0 atom stereocenters. The zero-order valence-corrected chi connectivity index (χ0v) is 11.2. The summed E-state index contributed by atoms with van der Waals surface area (Å²) in [7, 11) is -3.55. The maximum absolute atomic E-state index is 12.3. The van der Waals surface area contributed by atoms with Gasteiger partial charge in [0.1, 0.15) is 0 Å². The van der Waals surface area contributed by atoms with Gasteiger partial charge in [-0.2, -0.15) is 13.2 Å². The molecule has 0 N–H and O–H groups in total. The van der Waals surface area contributed by atoms with E-state index in [1.54, 1.807) is 20.8 Å². The van der Waals surface area contributed by atoms with E-state index in [0.29, 0.717) is 0 Å². The predicted octanol–water partition coefficient (Wildman–Crippen LogP) is 3.53. The van der Waals surface area contributed by atoms with Crippen LogP contribution < -0.4 is 0 Å². The molecule has 102 valence electrons. The highest BCUT2D eigenvalue weighted by atomic mass is 32.2. The van der Waals surface area contributed by atoms with Crippen molar-refractivity contribution in [1.29, 1.82) is 0 Å². The maximum Gasteiger partial charge on any atom is 0.416 e. The molecule has 0 saturated heterocycles. The fourth-order valence-electron chi connectivity index (χ4n) is 1.50. The molecular formula is C12H15F3O2S. The van der Waals surface area contributed by atoms with Crippen LogP contribution in [0.15, 0.2) is 29.2 Å². The number of benzene rings is 1. The quantitative estimate of drug-likeness (QED) is 0.830. The van der Waals surface area contributed by atoms with Crippen LogP contribution in [0, 0.1) is 5.41 Å². The van der Waals surface area contributed by atoms with E-state index in [1.807, 2.05) is 0 Å². The third kappa shape index (κ3) is 4.01. The van der Waals surface area contributed by atoms with Gasteiger partial charge in [-0.15, -0.1) is 0 Å². The van der Waals surface area contributed by atoms with Crippen LogP contribution in [-0.2, 0) is 16.0 Å². The monoisotopic (exact) mass is 280 g/mol. The highest BCUT2D eigenvalue weighted by Gasteiger charge is 2.31. The van der Waals surface area contributed by atoms with Crippen molar-refractivity contribution in [2.24, 2.45) is 5.41 Å². The summed E-state index contributed by atoms with van der Waals surface area (Å²) in [6.07, 6.45) is -4.45. The first-order valence-corrected chi connectivity index (χ1v) is 6.97. The van der Waals surface area contributed by atoms with Crippen molar-refractivity contribution in [3.05, 3.63) is 29.8 Å². The maximum atomic E-state index is 12.3. The molecule has 6 heteroatoms. The first-order chi connectivity index (χ1) is 7.92. The van der Waals surface area contributed by atoms with Crippen LogP contribution >= 0.6 is 0 Å². The van der Waals surface area contributed by atoms with Crippen molar-refractivity contribution >= 4 is 9.84 Å². The van der Waals surface area contributed by atoms with Gasteiger partial charge in [-0.1, -0.05) is 20.8 Å². The van der Waals surface area contributed by atoms with E-state index in [2.05, 4.69) is 0 Å². The molecule has 0 amide bonds. The molecule has 1 rings (SSSR count). The summed E-state index contributed by atoms with van der Waals surface area (Å²) in [6, 6.07) is 3.58. The molecule has 18 heavy (non-hydrogen) atoms. The van der Waals surface area contributed by atoms with Gasteiger partial charge < -0.3 is 0 Å². The Balaban J connectivity index is 3.06. The van der Waals surface area contributed by atoms with Gasteiger partial charge in [-0.05, 0) is 29.7 Å². The molecule has 0 fully saturated rings. The van der Waals surface area contributed by atoms with Crippen LogP contribution in [-0.4, -0.2) is 14.2 Å². The van der Waals surface area contributed by atoms with Crippen LogP contribution in [0.25, 0.3) is 0 Å². The van der Waals surface area contributed by atoms with E-state index < -0.39 is 27.0 Å². The number of halogens is 3. The smallest absolute Gasteiger partial charge is 0.224 e. The van der Waals surface area contributed by atoms with E-state index in [-0.39, 0.29) is 10.6 Å². The van der Waals surface area contributed by atoms with Gasteiger partial charge in [-0.25, -0.2) is 8.42 Å². The molecule has 0 saturated carbocycles. The van der Waals surface area contributed by atoms with E-state index in [4.69, 9.17) is 0 Å². The lowest BCUT2D eigenvalue weighted by Crippen LogP contribution is -2.21. The fraction of sp³-hybridized carbons (Fsp3) is 0.500. The zero-order valence-electron chi connectivity index (χ0n) is 10.4. The molecule has 0 bridgehead atoms. The van der Waals surface area contributed by atoms with Crippen LogP contribution in [0.2, 0.25) is 0 Å². The molecule has 0 heterocycles. The second-order valence-electron chi connectivity index (χ2n) is 5.34. The van der Waals surface area contributed by atoms with Gasteiger partial charge in [0.2, 0.25) is 0 Å². The van der Waals surface area contributed by atoms with Crippen molar-refractivity contribution in [3.8, 4) is 0 Å². The summed E-state index contributed by atoms with van der Waals surface area (Å²) < 4.78 is 60.9. The molecule has 0 aliphatic heterocycles. The number of rotatable bonds is 2. The van der Waals surface area contributed by atoms with E-state index in [1.165, 1.54) is 0 Å². The molecular weight excluding hydrogens is 265 g/mol. The first kappa shape index (κ1) is 15.0. The third-order valence-electron chi connectivity index (χ3n) is 2.16. The molecule has 0 spiro atoms. The number of alkyl halides is 3. The Morgan fingerprint density at radius 1 is 1.00 bits per heavy atom. The Bertz CT molecular complexity index is 508. The standard InChI is InChI=1S/C12H15F3O2S/c1-11(2,3)8-18(16,17)10-6-4-9(5-7-10)12(13,14)15/h4-7H,8H2,1-3H3. The highest BCUT2D eigenvalue weighted by Crippen LogP contribution is 2.30. The van der Waals surface area contributed by atoms with E-state index in [0.717, 1.165) is 24.3 Å². The van der Waals surface area contributed by atoms with E-state index in [9.17, 15) is 21.6 Å². The summed E-state index contributed by atoms with van der Waals surface area (Å²) in [5.41, 5.74) is -1.29. The lowest BCUT2D eigenvalue weighted by molar-refractivity contribution is -0.137. The van der Waals surface area contributed by atoms with Crippen LogP contribution in [0.5, 0.6) is 0 Å². The van der Waals surface area contributed by atoms with Gasteiger partial charge in [0, 0.05) is 0 Å². The van der Waals surface area contributed by atoms with Gasteiger partial charge in [0.05, 0.1) is 16.2 Å². The van der Waals surface area contributed by atoms with Gasteiger partial charge in [0.15, 0.2) is 9.84 Å². The number of sulfone groups is 1. The summed E-state index contributed by atoms with van der Waals surface area (Å²) >= 11 is 0. The summed E-state index contributed by atoms with van der Waals surface area (Å²) in [5.74, 6) is -0.106. The van der Waals surface area contributed by atoms with E-state index >= 15 is 0 Å². The molecule has 0 aliphatic carbocycles. The van der Waals surface area contributed by atoms with Gasteiger partial charge in [0.25, 0.3) is 0 Å². The fourth-order valence-corrected chi connectivity index (χ4v) is 3.36. The SMILES string of the molecule is CC(C)(C)CS(=O)(=O)c1ccc(C(F)(F)F)cc1. The zero-order chi connectivity index (χ0) is 14.2. The molecule has 0 aliphatic rings. The second-order valence-corrected chi connectivity index (χ2v) is 7.33. The molecule has 1 aromatic rings. The van der Waals surface area contributed by atoms with Crippen LogP contribution in [0.3, 0.4) is 0 Å². The normalized spacial score (nSPS) is 13.7. The second kappa shape index (κ2) is 4.57. The topological polar surface area (TPSA) is 34.1 Å². The Hall–Kier alpha value is -1.04. The minimum absolute atomic E-state index is 0.0783. The van der Waals surface area contributed by atoms with Crippen molar-refractivity contribution in [2.75, 3.05) is 5.75 Å². The summed E-state index contributed by atoms with van der Waals surface area (Å²) in [5, 5.41) is 0. The predicted molar refractivity (Wildman–Crippen MR) is 63.0 cm³/mol. The Kier molecular flexibility index (Phi) is 3.81. The lowest BCUT2D eigenvalue weighted by atomic mass is 10.0. The molecule has 0 aromatic heterocycles. The van der Waals surface area contributed by atoms with Crippen molar-refractivity contribution < 1.29 is 21.6 Å².